The zero-order valence-electron chi connectivity index (χ0n) is 13.5. The number of nitrogens with zero attached hydrogens (tertiary/aromatic N) is 3. The van der Waals surface area contributed by atoms with Crippen molar-refractivity contribution in [3.63, 3.8) is 0 Å². The number of amides is 1. The number of carbonyl (C=O) groups excluding carboxylic acids is 1. The lowest BCUT2D eigenvalue weighted by Gasteiger charge is -2.14. The Labute approximate surface area is 139 Å². The summed E-state index contributed by atoms with van der Waals surface area (Å²) in [5.74, 6) is -0.564. The molecule has 1 unspecified atom stereocenters. The summed E-state index contributed by atoms with van der Waals surface area (Å²) in [6.07, 6.45) is 3.21. The molecule has 6 nitrogen and oxygen atoms in total. The average molecular weight is 322 g/mol. The predicted octanol–water partition coefficient (Wildman–Crippen LogP) is 2.77. The second-order valence-electron chi connectivity index (χ2n) is 5.50. The Balaban J connectivity index is 1.81. The van der Waals surface area contributed by atoms with Crippen LogP contribution in [-0.2, 0) is 0 Å². The van der Waals surface area contributed by atoms with E-state index >= 15 is 0 Å². The quantitative estimate of drug-likeness (QED) is 0.774. The highest BCUT2D eigenvalue weighted by molar-refractivity contribution is 5.94. The number of pyridine rings is 1. The van der Waals surface area contributed by atoms with E-state index in [2.05, 4.69) is 15.4 Å². The molecule has 2 heterocycles. The third-order valence-corrected chi connectivity index (χ3v) is 3.86. The van der Waals surface area contributed by atoms with Gasteiger partial charge in [-0.1, -0.05) is 18.2 Å². The summed E-state index contributed by atoms with van der Waals surface area (Å²) in [4.78, 5) is 16.2. The first-order chi connectivity index (χ1) is 11.6. The maximum atomic E-state index is 12.3. The molecule has 0 aliphatic heterocycles. The van der Waals surface area contributed by atoms with Gasteiger partial charge in [0.1, 0.15) is 5.75 Å². The number of hydrogen-bond acceptors (Lipinski definition) is 4. The summed E-state index contributed by atoms with van der Waals surface area (Å²) in [6.45, 7) is 3.83. The molecule has 0 spiro atoms. The largest absolute Gasteiger partial charge is 0.505 e. The Hall–Kier alpha value is -3.15. The van der Waals surface area contributed by atoms with Gasteiger partial charge in [-0.15, -0.1) is 0 Å². The molecule has 1 aromatic carbocycles. The van der Waals surface area contributed by atoms with Gasteiger partial charge >= 0.3 is 0 Å². The molecule has 0 aliphatic carbocycles. The molecule has 3 rings (SSSR count). The summed E-state index contributed by atoms with van der Waals surface area (Å²) < 4.78 is 1.83. The van der Waals surface area contributed by atoms with Crippen LogP contribution in [0.1, 0.15) is 34.7 Å². The van der Waals surface area contributed by atoms with E-state index in [0.29, 0.717) is 0 Å². The minimum absolute atomic E-state index is 0.0115. The number of benzene rings is 1. The Bertz CT molecular complexity index is 858. The predicted molar refractivity (Wildman–Crippen MR) is 90.1 cm³/mol. The third-order valence-electron chi connectivity index (χ3n) is 3.86. The van der Waals surface area contributed by atoms with Gasteiger partial charge in [-0.25, -0.2) is 9.67 Å². The van der Waals surface area contributed by atoms with Crippen LogP contribution in [0.2, 0.25) is 0 Å². The molecule has 1 amide bonds. The zero-order valence-corrected chi connectivity index (χ0v) is 13.5. The Morgan fingerprint density at radius 1 is 1.21 bits per heavy atom. The van der Waals surface area contributed by atoms with Gasteiger partial charge < -0.3 is 10.4 Å². The van der Waals surface area contributed by atoms with Gasteiger partial charge in [0.15, 0.2) is 5.69 Å². The number of carbonyl (C=O) groups is 1. The first kappa shape index (κ1) is 15.7. The number of hydrogen-bond donors (Lipinski definition) is 2. The van der Waals surface area contributed by atoms with E-state index in [1.54, 1.807) is 12.3 Å². The SMILES string of the molecule is Cc1c(C(C)NC(=O)c2ncccc2O)cnn1-c1ccccc1. The van der Waals surface area contributed by atoms with Crippen molar-refractivity contribution < 1.29 is 9.90 Å². The van der Waals surface area contributed by atoms with Crippen LogP contribution in [0, 0.1) is 6.92 Å². The van der Waals surface area contributed by atoms with Crippen LogP contribution in [-0.4, -0.2) is 25.8 Å². The van der Waals surface area contributed by atoms with Crippen LogP contribution in [0.15, 0.2) is 54.9 Å². The highest BCUT2D eigenvalue weighted by Gasteiger charge is 2.19. The molecule has 24 heavy (non-hydrogen) atoms. The Kier molecular flexibility index (Phi) is 4.29. The minimum atomic E-state index is -0.424. The van der Waals surface area contributed by atoms with Crippen molar-refractivity contribution in [2.24, 2.45) is 0 Å². The van der Waals surface area contributed by atoms with E-state index in [1.165, 1.54) is 12.3 Å². The fourth-order valence-electron chi connectivity index (χ4n) is 2.59. The fourth-order valence-corrected chi connectivity index (χ4v) is 2.59. The van der Waals surface area contributed by atoms with Gasteiger partial charge in [-0.2, -0.15) is 5.10 Å². The first-order valence-electron chi connectivity index (χ1n) is 7.62. The van der Waals surface area contributed by atoms with Crippen molar-refractivity contribution in [1.29, 1.82) is 0 Å². The number of nitrogens with one attached hydrogen (secondary N) is 1. The molecule has 0 saturated carbocycles. The van der Waals surface area contributed by atoms with Crippen molar-refractivity contribution in [2.75, 3.05) is 0 Å². The molecule has 0 aliphatic rings. The molecule has 1 atom stereocenters. The lowest BCUT2D eigenvalue weighted by molar-refractivity contribution is 0.0932. The van der Waals surface area contributed by atoms with Gasteiger partial charge in [-0.3, -0.25) is 4.79 Å². The maximum Gasteiger partial charge on any atom is 0.274 e. The number of aromatic hydroxyl groups is 1. The van der Waals surface area contributed by atoms with Crippen LogP contribution in [0.4, 0.5) is 0 Å². The van der Waals surface area contributed by atoms with Crippen LogP contribution >= 0.6 is 0 Å². The third kappa shape index (κ3) is 2.99. The van der Waals surface area contributed by atoms with Crippen molar-refractivity contribution >= 4 is 5.91 Å². The molecule has 3 aromatic rings. The smallest absolute Gasteiger partial charge is 0.274 e. The van der Waals surface area contributed by atoms with E-state index in [0.717, 1.165) is 16.9 Å². The van der Waals surface area contributed by atoms with Crippen LogP contribution < -0.4 is 5.32 Å². The van der Waals surface area contributed by atoms with Crippen molar-refractivity contribution in [2.45, 2.75) is 19.9 Å². The van der Waals surface area contributed by atoms with E-state index in [-0.39, 0.29) is 17.5 Å². The van der Waals surface area contributed by atoms with Gasteiger partial charge in [0.2, 0.25) is 0 Å². The van der Waals surface area contributed by atoms with Crippen LogP contribution in [0.5, 0.6) is 5.75 Å². The van der Waals surface area contributed by atoms with Gasteiger partial charge in [0.25, 0.3) is 5.91 Å². The lowest BCUT2D eigenvalue weighted by Crippen LogP contribution is -2.27. The minimum Gasteiger partial charge on any atom is -0.505 e. The lowest BCUT2D eigenvalue weighted by atomic mass is 10.1. The number of rotatable bonds is 4. The van der Waals surface area contributed by atoms with Crippen molar-refractivity contribution in [3.8, 4) is 11.4 Å². The Morgan fingerprint density at radius 3 is 2.67 bits per heavy atom. The van der Waals surface area contributed by atoms with E-state index < -0.39 is 5.91 Å². The second-order valence-corrected chi connectivity index (χ2v) is 5.50. The van der Waals surface area contributed by atoms with Gasteiger partial charge in [0, 0.05) is 17.5 Å². The topological polar surface area (TPSA) is 80.0 Å². The normalized spacial score (nSPS) is 11.9. The van der Waals surface area contributed by atoms with Crippen LogP contribution in [0.25, 0.3) is 5.69 Å². The second kappa shape index (κ2) is 6.54. The molecule has 122 valence electrons. The van der Waals surface area contributed by atoms with Crippen LogP contribution in [0.3, 0.4) is 0 Å². The van der Waals surface area contributed by atoms with E-state index in [9.17, 15) is 9.90 Å². The Morgan fingerprint density at radius 2 is 1.96 bits per heavy atom. The summed E-state index contributed by atoms with van der Waals surface area (Å²) in [5, 5.41) is 17.0. The summed E-state index contributed by atoms with van der Waals surface area (Å²) in [5.41, 5.74) is 2.82. The monoisotopic (exact) mass is 322 g/mol. The van der Waals surface area contributed by atoms with Gasteiger partial charge in [0.05, 0.1) is 17.9 Å². The molecule has 0 bridgehead atoms. The highest BCUT2D eigenvalue weighted by Crippen LogP contribution is 2.21. The van der Waals surface area contributed by atoms with Crippen molar-refractivity contribution in [1.82, 2.24) is 20.1 Å². The number of aromatic nitrogens is 3. The molecular weight excluding hydrogens is 304 g/mol. The van der Waals surface area contributed by atoms with E-state index in [4.69, 9.17) is 0 Å². The molecule has 2 aromatic heterocycles. The zero-order chi connectivity index (χ0) is 17.1. The number of para-hydroxylation sites is 1. The molecular formula is C18H18N4O2. The van der Waals surface area contributed by atoms with Gasteiger partial charge in [-0.05, 0) is 38.1 Å². The summed E-state index contributed by atoms with van der Waals surface area (Å²) in [7, 11) is 0. The average Bonchev–Trinajstić information content (AvgIpc) is 2.97. The standard InChI is InChI=1S/C18H18N4O2/c1-12(21-18(24)17-16(23)9-6-10-19-17)15-11-20-22(13(15)2)14-7-4-3-5-8-14/h3-12,23H,1-2H3,(H,21,24). The molecule has 6 heteroatoms. The molecule has 0 fully saturated rings. The molecule has 2 N–H and O–H groups in total. The maximum absolute atomic E-state index is 12.3. The highest BCUT2D eigenvalue weighted by atomic mass is 16.3. The summed E-state index contributed by atoms with van der Waals surface area (Å²) in [6, 6.07) is 12.5. The summed E-state index contributed by atoms with van der Waals surface area (Å²) >= 11 is 0. The molecule has 0 saturated heterocycles. The first-order valence-corrected chi connectivity index (χ1v) is 7.62. The van der Waals surface area contributed by atoms with E-state index in [1.807, 2.05) is 48.9 Å². The molecule has 0 radical (unpaired) electrons. The fraction of sp³-hybridized carbons (Fsp3) is 0.167. The van der Waals surface area contributed by atoms with Crippen molar-refractivity contribution in [3.05, 3.63) is 71.8 Å².